The maximum absolute atomic E-state index is 11.2. The van der Waals surface area contributed by atoms with Gasteiger partial charge in [0.05, 0.1) is 6.04 Å². The molecule has 1 unspecified atom stereocenters. The van der Waals surface area contributed by atoms with Gasteiger partial charge in [0.1, 0.15) is 5.52 Å². The predicted octanol–water partition coefficient (Wildman–Crippen LogP) is 0.115. The quantitative estimate of drug-likeness (QED) is 0.682. The highest BCUT2D eigenvalue weighted by atomic mass is 16.3. The lowest BCUT2D eigenvalue weighted by atomic mass is 10.0. The van der Waals surface area contributed by atoms with Crippen LogP contribution >= 0.6 is 0 Å². The summed E-state index contributed by atoms with van der Waals surface area (Å²) >= 11 is 0. The summed E-state index contributed by atoms with van der Waals surface area (Å²) in [6.07, 6.45) is 1.37. The Kier molecular flexibility index (Phi) is 2.07. The zero-order valence-corrected chi connectivity index (χ0v) is 8.77. The van der Waals surface area contributed by atoms with Crippen molar-refractivity contribution in [2.24, 2.45) is 0 Å². The Morgan fingerprint density at radius 3 is 3.00 bits per heavy atom. The maximum Gasteiger partial charge on any atom is 0.309 e. The molecule has 1 aromatic heterocycles. The second-order valence-corrected chi connectivity index (χ2v) is 3.82. The molecule has 6 nitrogen and oxygen atoms in total. The van der Waals surface area contributed by atoms with Crippen LogP contribution in [0.4, 0.5) is 0 Å². The number of carbonyl (C=O) groups excluding carboxylic acids is 2. The second-order valence-electron chi connectivity index (χ2n) is 3.82. The van der Waals surface area contributed by atoms with E-state index in [9.17, 15) is 9.59 Å². The fourth-order valence-electron chi connectivity index (χ4n) is 1.84. The first kappa shape index (κ1) is 9.83. The van der Waals surface area contributed by atoms with Crippen molar-refractivity contribution in [3.05, 3.63) is 30.2 Å². The second kappa shape index (κ2) is 3.58. The highest BCUT2D eigenvalue weighted by molar-refractivity contribution is 6.35. The van der Waals surface area contributed by atoms with Crippen LogP contribution in [0.15, 0.2) is 29.0 Å². The summed E-state index contributed by atoms with van der Waals surface area (Å²) in [6.45, 7) is 0.379. The van der Waals surface area contributed by atoms with Crippen LogP contribution in [0.2, 0.25) is 0 Å². The average molecular weight is 231 g/mol. The molecule has 86 valence electrons. The van der Waals surface area contributed by atoms with Gasteiger partial charge in [-0.1, -0.05) is 6.07 Å². The van der Waals surface area contributed by atoms with E-state index in [0.29, 0.717) is 12.1 Å². The molecule has 1 aliphatic heterocycles. The van der Waals surface area contributed by atoms with Crippen LogP contribution in [-0.4, -0.2) is 23.3 Å². The summed E-state index contributed by atoms with van der Waals surface area (Å²) in [5, 5.41) is 5.15. The lowest BCUT2D eigenvalue weighted by molar-refractivity contribution is -0.141. The fraction of sp³-hybridized carbons (Fsp3) is 0.182. The molecule has 1 atom stereocenters. The van der Waals surface area contributed by atoms with E-state index in [0.717, 1.165) is 11.1 Å². The van der Waals surface area contributed by atoms with E-state index in [1.807, 2.05) is 18.2 Å². The number of piperazine rings is 1. The predicted molar refractivity (Wildman–Crippen MR) is 57.9 cm³/mol. The molecule has 1 aromatic carbocycles. The molecule has 6 heteroatoms. The van der Waals surface area contributed by atoms with Crippen molar-refractivity contribution in [2.75, 3.05) is 6.54 Å². The first-order chi connectivity index (χ1) is 8.24. The number of hydrogen-bond acceptors (Lipinski definition) is 4. The third-order valence-electron chi connectivity index (χ3n) is 2.74. The Morgan fingerprint density at radius 1 is 1.29 bits per heavy atom. The van der Waals surface area contributed by atoms with Crippen molar-refractivity contribution >= 4 is 22.9 Å². The number of aromatic nitrogens is 1. The number of amides is 2. The van der Waals surface area contributed by atoms with Crippen LogP contribution in [0, 0.1) is 0 Å². The van der Waals surface area contributed by atoms with Gasteiger partial charge in [-0.2, -0.15) is 0 Å². The lowest BCUT2D eigenvalue weighted by Gasteiger charge is -2.23. The Bertz CT molecular complexity index is 605. The van der Waals surface area contributed by atoms with Crippen molar-refractivity contribution in [3.8, 4) is 0 Å². The molecule has 0 saturated carbocycles. The number of hydrogen-bond donors (Lipinski definition) is 2. The zero-order chi connectivity index (χ0) is 11.8. The van der Waals surface area contributed by atoms with E-state index in [1.165, 1.54) is 6.39 Å². The van der Waals surface area contributed by atoms with Gasteiger partial charge in [-0.15, -0.1) is 0 Å². The van der Waals surface area contributed by atoms with Crippen molar-refractivity contribution < 1.29 is 14.0 Å². The smallest absolute Gasteiger partial charge is 0.309 e. The standard InChI is InChI=1S/C11H9N3O3/c15-10-11(16)14-8(4-12-10)6-1-2-7-9(3-6)17-5-13-7/h1-3,5,8H,4H2,(H,12,15)(H,14,16). The van der Waals surface area contributed by atoms with Gasteiger partial charge >= 0.3 is 11.8 Å². The van der Waals surface area contributed by atoms with E-state index in [-0.39, 0.29) is 6.04 Å². The molecule has 0 aliphatic carbocycles. The third-order valence-corrected chi connectivity index (χ3v) is 2.74. The molecule has 3 rings (SSSR count). The van der Waals surface area contributed by atoms with E-state index < -0.39 is 11.8 Å². The van der Waals surface area contributed by atoms with Gasteiger partial charge in [0.15, 0.2) is 12.0 Å². The largest absolute Gasteiger partial charge is 0.443 e. The average Bonchev–Trinajstić information content (AvgIpc) is 2.79. The van der Waals surface area contributed by atoms with Crippen molar-refractivity contribution in [2.45, 2.75) is 6.04 Å². The highest BCUT2D eigenvalue weighted by Gasteiger charge is 2.26. The van der Waals surface area contributed by atoms with Gasteiger partial charge in [0, 0.05) is 6.54 Å². The molecule has 17 heavy (non-hydrogen) atoms. The molecule has 1 fully saturated rings. The minimum atomic E-state index is -0.612. The molecule has 2 heterocycles. The normalized spacial score (nSPS) is 20.1. The van der Waals surface area contributed by atoms with Crippen molar-refractivity contribution in [1.82, 2.24) is 15.6 Å². The monoisotopic (exact) mass is 231 g/mol. The number of rotatable bonds is 1. The molecular weight excluding hydrogens is 222 g/mol. The Balaban J connectivity index is 1.93. The van der Waals surface area contributed by atoms with Crippen LogP contribution in [0.3, 0.4) is 0 Å². The van der Waals surface area contributed by atoms with E-state index in [2.05, 4.69) is 15.6 Å². The summed E-state index contributed by atoms with van der Waals surface area (Å²) in [7, 11) is 0. The van der Waals surface area contributed by atoms with Crippen LogP contribution in [0.1, 0.15) is 11.6 Å². The number of oxazole rings is 1. The molecule has 0 radical (unpaired) electrons. The van der Waals surface area contributed by atoms with Gasteiger partial charge in [0.25, 0.3) is 0 Å². The lowest BCUT2D eigenvalue weighted by Crippen LogP contribution is -2.51. The topological polar surface area (TPSA) is 84.2 Å². The van der Waals surface area contributed by atoms with Gasteiger partial charge in [0.2, 0.25) is 0 Å². The summed E-state index contributed by atoms with van der Waals surface area (Å²) in [6, 6.07) is 5.25. The number of benzene rings is 1. The highest BCUT2D eigenvalue weighted by Crippen LogP contribution is 2.20. The molecular formula is C11H9N3O3. The number of nitrogens with zero attached hydrogens (tertiary/aromatic N) is 1. The molecule has 0 spiro atoms. The van der Waals surface area contributed by atoms with Crippen LogP contribution in [0.25, 0.3) is 11.1 Å². The van der Waals surface area contributed by atoms with E-state index in [1.54, 1.807) is 0 Å². The first-order valence-electron chi connectivity index (χ1n) is 5.16. The zero-order valence-electron chi connectivity index (χ0n) is 8.77. The van der Waals surface area contributed by atoms with Gasteiger partial charge in [-0.25, -0.2) is 4.98 Å². The molecule has 2 N–H and O–H groups in total. The summed E-state index contributed by atoms with van der Waals surface area (Å²) in [5.74, 6) is -1.21. The Morgan fingerprint density at radius 2 is 2.18 bits per heavy atom. The fourth-order valence-corrected chi connectivity index (χ4v) is 1.84. The van der Waals surface area contributed by atoms with Gasteiger partial charge in [-0.3, -0.25) is 9.59 Å². The van der Waals surface area contributed by atoms with Crippen molar-refractivity contribution in [3.63, 3.8) is 0 Å². The molecule has 2 amide bonds. The van der Waals surface area contributed by atoms with E-state index >= 15 is 0 Å². The molecule has 1 saturated heterocycles. The summed E-state index contributed by atoms with van der Waals surface area (Å²) in [5.41, 5.74) is 2.30. The Labute approximate surface area is 96.0 Å². The summed E-state index contributed by atoms with van der Waals surface area (Å²) < 4.78 is 5.19. The number of carbonyl (C=O) groups is 2. The van der Waals surface area contributed by atoms with Crippen LogP contribution in [0.5, 0.6) is 0 Å². The molecule has 0 bridgehead atoms. The maximum atomic E-state index is 11.2. The number of nitrogens with one attached hydrogen (secondary N) is 2. The van der Waals surface area contributed by atoms with Crippen molar-refractivity contribution in [1.29, 1.82) is 0 Å². The van der Waals surface area contributed by atoms with Crippen LogP contribution < -0.4 is 10.6 Å². The summed E-state index contributed by atoms with van der Waals surface area (Å²) in [4.78, 5) is 26.2. The van der Waals surface area contributed by atoms with E-state index in [4.69, 9.17) is 4.42 Å². The SMILES string of the molecule is O=C1NCC(c2ccc3ncoc3c2)NC1=O. The minimum absolute atomic E-state index is 0.227. The van der Waals surface area contributed by atoms with Crippen LogP contribution in [-0.2, 0) is 9.59 Å². The number of fused-ring (bicyclic) bond motifs is 1. The molecule has 2 aromatic rings. The van der Waals surface area contributed by atoms with Gasteiger partial charge < -0.3 is 15.1 Å². The minimum Gasteiger partial charge on any atom is -0.443 e. The Hall–Kier alpha value is -2.37. The van der Waals surface area contributed by atoms with Gasteiger partial charge in [-0.05, 0) is 17.7 Å². The first-order valence-corrected chi connectivity index (χ1v) is 5.16. The molecule has 1 aliphatic rings. The third kappa shape index (κ3) is 1.63.